The first-order valence-electron chi connectivity index (χ1n) is 10.1. The summed E-state index contributed by atoms with van der Waals surface area (Å²) in [6.07, 6.45) is 2.09. The zero-order valence-electron chi connectivity index (χ0n) is 17.6. The molecule has 0 atom stereocenters. The predicted octanol–water partition coefficient (Wildman–Crippen LogP) is 2.48. The zero-order chi connectivity index (χ0) is 21.3. The molecule has 0 saturated carbocycles. The van der Waals surface area contributed by atoms with Gasteiger partial charge in [-0.25, -0.2) is 4.98 Å². The number of likely N-dealkylation sites (tertiary alicyclic amines) is 1. The van der Waals surface area contributed by atoms with Crippen molar-refractivity contribution in [3.63, 3.8) is 0 Å². The fourth-order valence-electron chi connectivity index (χ4n) is 3.64. The number of benzene rings is 1. The lowest BCUT2D eigenvalue weighted by molar-refractivity contribution is 0.0827. The molecule has 3 heterocycles. The van der Waals surface area contributed by atoms with Gasteiger partial charge in [0.15, 0.2) is 5.65 Å². The van der Waals surface area contributed by atoms with E-state index in [1.807, 2.05) is 36.4 Å². The minimum Gasteiger partial charge on any atom is -0.383 e. The summed E-state index contributed by atoms with van der Waals surface area (Å²) in [6.45, 7) is 2.10. The number of pyridine rings is 1. The molecule has 156 valence electrons. The molecule has 8 nitrogen and oxygen atoms in total. The number of amides is 1. The summed E-state index contributed by atoms with van der Waals surface area (Å²) in [6, 6.07) is 11.5. The third kappa shape index (κ3) is 4.18. The van der Waals surface area contributed by atoms with Crippen molar-refractivity contribution in [2.45, 2.75) is 18.9 Å². The van der Waals surface area contributed by atoms with E-state index in [1.165, 1.54) is 0 Å². The summed E-state index contributed by atoms with van der Waals surface area (Å²) in [7, 11) is 5.61. The van der Waals surface area contributed by atoms with Crippen molar-refractivity contribution in [3.05, 3.63) is 42.0 Å². The van der Waals surface area contributed by atoms with E-state index in [-0.39, 0.29) is 5.91 Å². The number of aromatic nitrogens is 3. The van der Waals surface area contributed by atoms with Gasteiger partial charge in [0.1, 0.15) is 5.82 Å². The highest BCUT2D eigenvalue weighted by Gasteiger charge is 2.18. The van der Waals surface area contributed by atoms with E-state index < -0.39 is 0 Å². The van der Waals surface area contributed by atoms with Crippen LogP contribution >= 0.6 is 0 Å². The lowest BCUT2D eigenvalue weighted by atomic mass is 10.1. The van der Waals surface area contributed by atoms with Crippen LogP contribution in [0.1, 0.15) is 23.2 Å². The Kier molecular flexibility index (Phi) is 5.50. The molecule has 0 radical (unpaired) electrons. The number of carbonyl (C=O) groups excluding carboxylic acids is 1. The molecule has 1 aliphatic rings. The van der Waals surface area contributed by atoms with Crippen LogP contribution in [0.25, 0.3) is 22.3 Å². The van der Waals surface area contributed by atoms with Crippen LogP contribution in [0.15, 0.2) is 36.4 Å². The van der Waals surface area contributed by atoms with Crippen LogP contribution in [-0.4, -0.2) is 70.9 Å². The van der Waals surface area contributed by atoms with Crippen molar-refractivity contribution in [2.24, 2.45) is 0 Å². The van der Waals surface area contributed by atoms with Gasteiger partial charge in [0, 0.05) is 31.3 Å². The van der Waals surface area contributed by atoms with Crippen LogP contribution in [-0.2, 0) is 0 Å². The Labute approximate surface area is 176 Å². The van der Waals surface area contributed by atoms with Gasteiger partial charge in [-0.2, -0.15) is 9.97 Å². The molecule has 3 aromatic rings. The van der Waals surface area contributed by atoms with Crippen molar-refractivity contribution < 1.29 is 4.79 Å². The second-order valence-corrected chi connectivity index (χ2v) is 8.00. The Morgan fingerprint density at radius 2 is 1.77 bits per heavy atom. The van der Waals surface area contributed by atoms with Gasteiger partial charge in [0.05, 0.1) is 11.1 Å². The van der Waals surface area contributed by atoms with Crippen molar-refractivity contribution in [3.8, 4) is 11.3 Å². The van der Waals surface area contributed by atoms with Crippen molar-refractivity contribution in [2.75, 3.05) is 45.3 Å². The fourth-order valence-corrected chi connectivity index (χ4v) is 3.64. The molecule has 1 fully saturated rings. The van der Waals surface area contributed by atoms with Gasteiger partial charge in [-0.3, -0.25) is 4.79 Å². The van der Waals surface area contributed by atoms with Gasteiger partial charge >= 0.3 is 0 Å². The lowest BCUT2D eigenvalue weighted by Crippen LogP contribution is -2.37. The topological polar surface area (TPSA) is 100 Å². The van der Waals surface area contributed by atoms with Crippen LogP contribution in [0.2, 0.25) is 0 Å². The van der Waals surface area contributed by atoms with E-state index in [2.05, 4.69) is 27.2 Å². The molecular formula is C22H27N7O. The second kappa shape index (κ2) is 8.23. The van der Waals surface area contributed by atoms with Gasteiger partial charge in [0.25, 0.3) is 5.91 Å². The summed E-state index contributed by atoms with van der Waals surface area (Å²) in [5.74, 6) is 0.908. The standard InChI is InChI=1S/C22H27N7O/c1-28(2)21(30)15-6-4-14(5-7-15)18-9-8-17-19(23)26-22(27-20(17)25-18)24-16-10-12-29(3)13-11-16/h4-9,16H,10-13H2,1-3H3,(H3,23,24,25,26,27). The predicted molar refractivity (Wildman–Crippen MR) is 119 cm³/mol. The number of rotatable bonds is 4. The number of anilines is 2. The summed E-state index contributed by atoms with van der Waals surface area (Å²) >= 11 is 0. The molecule has 4 rings (SSSR count). The second-order valence-electron chi connectivity index (χ2n) is 8.00. The highest BCUT2D eigenvalue weighted by Crippen LogP contribution is 2.25. The Morgan fingerprint density at radius 3 is 2.43 bits per heavy atom. The van der Waals surface area contributed by atoms with Crippen molar-refractivity contribution in [1.82, 2.24) is 24.8 Å². The maximum absolute atomic E-state index is 12.1. The number of nitrogens with zero attached hydrogens (tertiary/aromatic N) is 5. The van der Waals surface area contributed by atoms with E-state index >= 15 is 0 Å². The SMILES string of the molecule is CN1CCC(Nc2nc(N)c3ccc(-c4ccc(C(=O)N(C)C)cc4)nc3n2)CC1. The molecule has 1 aliphatic heterocycles. The number of nitrogens with one attached hydrogen (secondary N) is 1. The molecule has 3 N–H and O–H groups in total. The number of nitrogen functional groups attached to an aromatic ring is 1. The quantitative estimate of drug-likeness (QED) is 0.688. The third-order valence-corrected chi connectivity index (χ3v) is 5.47. The minimum absolute atomic E-state index is 0.0295. The number of hydrogen-bond donors (Lipinski definition) is 2. The van der Waals surface area contributed by atoms with Gasteiger partial charge in [-0.05, 0) is 57.2 Å². The fraction of sp³-hybridized carbons (Fsp3) is 0.364. The Bertz CT molecular complexity index is 1060. The maximum Gasteiger partial charge on any atom is 0.253 e. The van der Waals surface area contributed by atoms with Crippen molar-refractivity contribution in [1.29, 1.82) is 0 Å². The Balaban J connectivity index is 1.60. The first-order valence-corrected chi connectivity index (χ1v) is 10.1. The van der Waals surface area contributed by atoms with Gasteiger partial charge in [-0.15, -0.1) is 0 Å². The lowest BCUT2D eigenvalue weighted by Gasteiger charge is -2.29. The smallest absolute Gasteiger partial charge is 0.253 e. The molecule has 30 heavy (non-hydrogen) atoms. The molecule has 0 aliphatic carbocycles. The Hall–Kier alpha value is -3.26. The molecule has 1 amide bonds. The van der Waals surface area contributed by atoms with Crippen LogP contribution in [0.4, 0.5) is 11.8 Å². The third-order valence-electron chi connectivity index (χ3n) is 5.47. The van der Waals surface area contributed by atoms with Crippen LogP contribution < -0.4 is 11.1 Å². The summed E-state index contributed by atoms with van der Waals surface area (Å²) < 4.78 is 0. The number of fused-ring (bicyclic) bond motifs is 1. The maximum atomic E-state index is 12.1. The minimum atomic E-state index is -0.0295. The molecular weight excluding hydrogens is 378 g/mol. The van der Waals surface area contributed by atoms with Crippen LogP contribution in [0.5, 0.6) is 0 Å². The first kappa shape index (κ1) is 20.0. The Morgan fingerprint density at radius 1 is 1.07 bits per heavy atom. The molecule has 0 bridgehead atoms. The normalized spacial score (nSPS) is 15.3. The number of piperidine rings is 1. The molecule has 1 saturated heterocycles. The van der Waals surface area contributed by atoms with E-state index in [9.17, 15) is 4.79 Å². The van der Waals surface area contributed by atoms with Gasteiger partial charge in [0.2, 0.25) is 5.95 Å². The van der Waals surface area contributed by atoms with Gasteiger partial charge in [-0.1, -0.05) is 12.1 Å². The van der Waals surface area contributed by atoms with Crippen LogP contribution in [0.3, 0.4) is 0 Å². The highest BCUT2D eigenvalue weighted by atomic mass is 16.2. The van der Waals surface area contributed by atoms with Crippen molar-refractivity contribution >= 4 is 28.7 Å². The van der Waals surface area contributed by atoms with Gasteiger partial charge < -0.3 is 20.9 Å². The monoisotopic (exact) mass is 405 g/mol. The van der Waals surface area contributed by atoms with E-state index in [0.717, 1.165) is 42.6 Å². The molecule has 0 spiro atoms. The first-order chi connectivity index (χ1) is 14.4. The number of carbonyl (C=O) groups is 1. The summed E-state index contributed by atoms with van der Waals surface area (Å²) in [5, 5.41) is 4.14. The van der Waals surface area contributed by atoms with E-state index in [4.69, 9.17) is 10.7 Å². The molecule has 2 aromatic heterocycles. The molecule has 8 heteroatoms. The number of hydrogen-bond acceptors (Lipinski definition) is 7. The number of nitrogens with two attached hydrogens (primary N) is 1. The van der Waals surface area contributed by atoms with E-state index in [0.29, 0.717) is 29.0 Å². The van der Waals surface area contributed by atoms with Crippen LogP contribution in [0, 0.1) is 0 Å². The average Bonchev–Trinajstić information content (AvgIpc) is 2.74. The molecule has 1 aromatic carbocycles. The molecule has 0 unspecified atom stereocenters. The summed E-state index contributed by atoms with van der Waals surface area (Å²) in [4.78, 5) is 29.7. The highest BCUT2D eigenvalue weighted by molar-refractivity contribution is 5.94. The summed E-state index contributed by atoms with van der Waals surface area (Å²) in [5.41, 5.74) is 9.06. The van der Waals surface area contributed by atoms with E-state index in [1.54, 1.807) is 19.0 Å². The zero-order valence-corrected chi connectivity index (χ0v) is 17.6. The average molecular weight is 406 g/mol. The largest absolute Gasteiger partial charge is 0.383 e.